The first kappa shape index (κ1) is 29.3. The predicted octanol–water partition coefficient (Wildman–Crippen LogP) is 5.75. The number of anilines is 1. The summed E-state index contributed by atoms with van der Waals surface area (Å²) in [5.74, 6) is -4.71. The van der Waals surface area contributed by atoms with E-state index in [1.165, 1.54) is 11.0 Å². The molecule has 4 aliphatic rings. The molecule has 1 saturated carbocycles. The molecule has 0 bridgehead atoms. The number of hydrogen-bond donors (Lipinski definition) is 2. The number of fused-ring (bicyclic) bond motifs is 4. The molecule has 2 aliphatic heterocycles. The lowest BCUT2D eigenvalue weighted by Gasteiger charge is -2.50. The van der Waals surface area contributed by atoms with Crippen molar-refractivity contribution in [2.45, 2.75) is 44.4 Å². The van der Waals surface area contributed by atoms with E-state index in [1.54, 1.807) is 12.1 Å². The third kappa shape index (κ3) is 4.26. The van der Waals surface area contributed by atoms with Gasteiger partial charge in [-0.2, -0.15) is 5.01 Å². The number of halogens is 1. The molecule has 2 aliphatic carbocycles. The standard InChI is InChI=1S/C36H34ClN3O5/c1-3-17-39-32(42)25-15-14-24-26(30(25)34(39)44)19-28-33(43)40(38-23-12-9-20(2)10-13-23)35(45)36(28,21-7-5-4-6-8-21)31(24)27-18-22(37)11-16-29(27)41/h4-14,16,18,25-26,28,30-31,38,41H,3,15,17,19H2,1-2H3. The van der Waals surface area contributed by atoms with E-state index in [0.717, 1.165) is 16.1 Å². The highest BCUT2D eigenvalue weighted by molar-refractivity contribution is 6.30. The number of nitrogens with one attached hydrogen (secondary N) is 1. The van der Waals surface area contributed by atoms with E-state index in [4.69, 9.17) is 11.6 Å². The molecule has 2 heterocycles. The van der Waals surface area contributed by atoms with Crippen LogP contribution in [0.15, 0.2) is 84.4 Å². The fraction of sp³-hybridized carbons (Fsp3) is 0.333. The fourth-order valence-electron chi connectivity index (χ4n) is 8.36. The van der Waals surface area contributed by atoms with Crippen molar-refractivity contribution in [3.8, 4) is 5.75 Å². The highest BCUT2D eigenvalue weighted by atomic mass is 35.5. The molecule has 45 heavy (non-hydrogen) atoms. The van der Waals surface area contributed by atoms with Gasteiger partial charge in [0.05, 0.1) is 28.9 Å². The Morgan fingerprint density at radius 2 is 1.67 bits per heavy atom. The van der Waals surface area contributed by atoms with Crippen LogP contribution in [0.5, 0.6) is 5.75 Å². The number of nitrogens with zero attached hydrogens (tertiary/aromatic N) is 2. The lowest BCUT2D eigenvalue weighted by Crippen LogP contribution is -2.53. The van der Waals surface area contributed by atoms with Gasteiger partial charge in [0.1, 0.15) is 5.75 Å². The number of hydrazine groups is 1. The molecule has 6 atom stereocenters. The molecule has 3 fully saturated rings. The van der Waals surface area contributed by atoms with Crippen molar-refractivity contribution in [1.29, 1.82) is 0 Å². The topological polar surface area (TPSA) is 107 Å². The van der Waals surface area contributed by atoms with Gasteiger partial charge in [-0.05, 0) is 68.0 Å². The van der Waals surface area contributed by atoms with E-state index < -0.39 is 46.8 Å². The molecule has 3 aromatic carbocycles. The van der Waals surface area contributed by atoms with E-state index in [1.807, 2.05) is 74.5 Å². The average molecular weight is 624 g/mol. The number of amides is 4. The summed E-state index contributed by atoms with van der Waals surface area (Å²) in [5.41, 5.74) is 5.06. The minimum Gasteiger partial charge on any atom is -0.508 e. The summed E-state index contributed by atoms with van der Waals surface area (Å²) in [6, 6.07) is 21.4. The Hall–Kier alpha value is -4.43. The van der Waals surface area contributed by atoms with E-state index >= 15 is 4.79 Å². The quantitative estimate of drug-likeness (QED) is 0.268. The Bertz CT molecular complexity index is 1760. The van der Waals surface area contributed by atoms with Gasteiger partial charge in [-0.3, -0.25) is 29.5 Å². The lowest BCUT2D eigenvalue weighted by molar-refractivity contribution is -0.141. The van der Waals surface area contributed by atoms with Gasteiger partial charge in [-0.15, -0.1) is 0 Å². The van der Waals surface area contributed by atoms with Gasteiger partial charge < -0.3 is 5.11 Å². The molecule has 0 radical (unpaired) electrons. The summed E-state index contributed by atoms with van der Waals surface area (Å²) < 4.78 is 0. The number of aromatic hydroxyl groups is 1. The molecule has 0 spiro atoms. The normalized spacial score (nSPS) is 29.0. The predicted molar refractivity (Wildman–Crippen MR) is 169 cm³/mol. The van der Waals surface area contributed by atoms with Crippen molar-refractivity contribution in [1.82, 2.24) is 9.91 Å². The van der Waals surface area contributed by atoms with Gasteiger partial charge in [0, 0.05) is 23.0 Å². The number of carbonyl (C=O) groups excluding carboxylic acids is 4. The van der Waals surface area contributed by atoms with Crippen LogP contribution >= 0.6 is 11.6 Å². The summed E-state index contributed by atoms with van der Waals surface area (Å²) in [6.07, 6.45) is 3.16. The minimum absolute atomic E-state index is 0.0613. The van der Waals surface area contributed by atoms with Gasteiger partial charge in [0.2, 0.25) is 11.8 Å². The van der Waals surface area contributed by atoms with Crippen LogP contribution in [0.3, 0.4) is 0 Å². The van der Waals surface area contributed by atoms with Crippen LogP contribution in [0.1, 0.15) is 48.8 Å². The van der Waals surface area contributed by atoms with Crippen LogP contribution in [0.4, 0.5) is 5.69 Å². The van der Waals surface area contributed by atoms with E-state index in [0.29, 0.717) is 41.2 Å². The zero-order valence-corrected chi connectivity index (χ0v) is 25.8. The number of likely N-dealkylation sites (tertiary alicyclic amines) is 1. The summed E-state index contributed by atoms with van der Waals surface area (Å²) in [6.45, 7) is 4.22. The second-order valence-corrected chi connectivity index (χ2v) is 13.1. The van der Waals surface area contributed by atoms with Crippen LogP contribution in [-0.2, 0) is 24.6 Å². The number of phenols is 1. The van der Waals surface area contributed by atoms with Crippen LogP contribution in [0, 0.1) is 30.6 Å². The monoisotopic (exact) mass is 623 g/mol. The largest absolute Gasteiger partial charge is 0.508 e. The highest BCUT2D eigenvalue weighted by Crippen LogP contribution is 2.65. The van der Waals surface area contributed by atoms with Crippen LogP contribution in [0.2, 0.25) is 5.02 Å². The Labute approximate surface area is 266 Å². The number of benzene rings is 3. The van der Waals surface area contributed by atoms with Gasteiger partial charge >= 0.3 is 0 Å². The van der Waals surface area contributed by atoms with E-state index in [2.05, 4.69) is 5.43 Å². The third-order valence-corrected chi connectivity index (χ3v) is 10.5. The Morgan fingerprint density at radius 3 is 2.38 bits per heavy atom. The number of hydrogen-bond acceptors (Lipinski definition) is 6. The van der Waals surface area contributed by atoms with E-state index in [9.17, 15) is 19.5 Å². The summed E-state index contributed by atoms with van der Waals surface area (Å²) >= 11 is 6.53. The molecule has 4 amide bonds. The average Bonchev–Trinajstić information content (AvgIpc) is 3.41. The Kier molecular flexibility index (Phi) is 7.08. The molecular weight excluding hydrogens is 590 g/mol. The van der Waals surface area contributed by atoms with Gasteiger partial charge in [-0.25, -0.2) is 0 Å². The van der Waals surface area contributed by atoms with Crippen molar-refractivity contribution in [3.05, 3.63) is 106 Å². The molecule has 2 N–H and O–H groups in total. The van der Waals surface area contributed by atoms with Crippen LogP contribution in [0.25, 0.3) is 0 Å². The van der Waals surface area contributed by atoms with Crippen molar-refractivity contribution in [2.24, 2.45) is 23.7 Å². The number of aryl methyl sites for hydroxylation is 1. The Morgan fingerprint density at radius 1 is 0.933 bits per heavy atom. The first-order valence-corrected chi connectivity index (χ1v) is 15.9. The molecule has 3 aromatic rings. The first-order chi connectivity index (χ1) is 21.7. The molecule has 8 nitrogen and oxygen atoms in total. The molecule has 230 valence electrons. The van der Waals surface area contributed by atoms with Gasteiger partial charge in [0.15, 0.2) is 0 Å². The molecule has 2 saturated heterocycles. The van der Waals surface area contributed by atoms with Crippen molar-refractivity contribution >= 4 is 40.9 Å². The van der Waals surface area contributed by atoms with E-state index in [-0.39, 0.29) is 24.0 Å². The number of phenolic OH excluding ortho intramolecular Hbond substituents is 1. The van der Waals surface area contributed by atoms with Gasteiger partial charge in [-0.1, -0.05) is 78.2 Å². The molecule has 7 rings (SSSR count). The first-order valence-electron chi connectivity index (χ1n) is 15.5. The zero-order valence-electron chi connectivity index (χ0n) is 25.1. The molecule has 0 aromatic heterocycles. The second-order valence-electron chi connectivity index (χ2n) is 12.6. The summed E-state index contributed by atoms with van der Waals surface area (Å²) in [4.78, 5) is 58.4. The number of allylic oxidation sites excluding steroid dienone is 2. The maximum Gasteiger partial charge on any atom is 0.260 e. The third-order valence-electron chi connectivity index (χ3n) is 10.2. The zero-order chi connectivity index (χ0) is 31.6. The maximum atomic E-state index is 15.1. The summed E-state index contributed by atoms with van der Waals surface area (Å²) in [7, 11) is 0. The van der Waals surface area contributed by atoms with Crippen LogP contribution < -0.4 is 5.43 Å². The van der Waals surface area contributed by atoms with Gasteiger partial charge in [0.25, 0.3) is 11.8 Å². The molecule has 9 heteroatoms. The smallest absolute Gasteiger partial charge is 0.260 e. The second kappa shape index (κ2) is 10.9. The molecule has 6 unspecified atom stereocenters. The SMILES string of the molecule is CCCN1C(=O)C2CC=C3C(CC4C(=O)N(Nc5ccc(C)cc5)C(=O)C4(c4ccccc4)C3c3cc(Cl)ccc3O)C2C1=O. The number of carbonyl (C=O) groups is 4. The summed E-state index contributed by atoms with van der Waals surface area (Å²) in [5, 5.41) is 12.9. The highest BCUT2D eigenvalue weighted by Gasteiger charge is 2.70. The van der Waals surface area contributed by atoms with Crippen molar-refractivity contribution in [3.63, 3.8) is 0 Å². The maximum absolute atomic E-state index is 15.1. The fourth-order valence-corrected chi connectivity index (χ4v) is 8.54. The minimum atomic E-state index is -1.46. The van der Waals surface area contributed by atoms with Crippen LogP contribution in [-0.4, -0.2) is 45.2 Å². The molecular formula is C36H34ClN3O5. The lowest BCUT2D eigenvalue weighted by atomic mass is 9.49. The van der Waals surface area contributed by atoms with Crippen molar-refractivity contribution < 1.29 is 24.3 Å². The van der Waals surface area contributed by atoms with Crippen molar-refractivity contribution in [2.75, 3.05) is 12.0 Å². The number of imide groups is 2. The Balaban J connectivity index is 1.46. The number of rotatable bonds is 6.